The summed E-state index contributed by atoms with van der Waals surface area (Å²) in [6, 6.07) is 18.0. The van der Waals surface area contributed by atoms with E-state index in [1.54, 1.807) is 56.3 Å². The van der Waals surface area contributed by atoms with Gasteiger partial charge in [-0.25, -0.2) is 18.4 Å². The second-order valence-corrected chi connectivity index (χ2v) is 8.47. The van der Waals surface area contributed by atoms with Crippen molar-refractivity contribution in [3.63, 3.8) is 0 Å². The summed E-state index contributed by atoms with van der Waals surface area (Å²) in [6.45, 7) is 3.35. The van der Waals surface area contributed by atoms with Gasteiger partial charge >= 0.3 is 6.03 Å². The molecule has 0 fully saturated rings. The van der Waals surface area contributed by atoms with Crippen LogP contribution in [0.4, 0.5) is 21.9 Å². The quantitative estimate of drug-likeness (QED) is 0.482. The highest BCUT2D eigenvalue weighted by Gasteiger charge is 2.17. The number of carbonyl (C=O) groups excluding carboxylic acids is 2. The van der Waals surface area contributed by atoms with Gasteiger partial charge < -0.3 is 16.0 Å². The van der Waals surface area contributed by atoms with Gasteiger partial charge in [0.15, 0.2) is 0 Å². The van der Waals surface area contributed by atoms with Gasteiger partial charge in [-0.1, -0.05) is 18.2 Å². The Morgan fingerprint density at radius 1 is 0.774 bits per heavy atom. The summed E-state index contributed by atoms with van der Waals surface area (Å²) < 4.78 is 23.6. The SMILES string of the molecule is Cc1cc(C(=O)Nc2ccc(NC(=O)Nc3ccccc3)cc2)cc(S(N)(=O)=O)c1C. The summed E-state index contributed by atoms with van der Waals surface area (Å²) in [5.41, 5.74) is 3.00. The van der Waals surface area contributed by atoms with Gasteiger partial charge in [0, 0.05) is 22.6 Å². The normalized spacial score (nSPS) is 10.9. The molecule has 0 aromatic heterocycles. The van der Waals surface area contributed by atoms with Crippen molar-refractivity contribution < 1.29 is 18.0 Å². The van der Waals surface area contributed by atoms with Gasteiger partial charge in [-0.3, -0.25) is 4.79 Å². The average molecular weight is 439 g/mol. The van der Waals surface area contributed by atoms with Gasteiger partial charge in [0.25, 0.3) is 5.91 Å². The van der Waals surface area contributed by atoms with Crippen LogP contribution in [0, 0.1) is 13.8 Å². The van der Waals surface area contributed by atoms with E-state index in [0.717, 1.165) is 0 Å². The van der Waals surface area contributed by atoms with Crippen LogP contribution in [0.2, 0.25) is 0 Å². The van der Waals surface area contributed by atoms with Crippen molar-refractivity contribution in [3.8, 4) is 0 Å². The fourth-order valence-corrected chi connectivity index (χ4v) is 3.79. The smallest absolute Gasteiger partial charge is 0.322 e. The first kappa shape index (κ1) is 22.0. The van der Waals surface area contributed by atoms with Crippen LogP contribution >= 0.6 is 0 Å². The number of aryl methyl sites for hydroxylation is 1. The van der Waals surface area contributed by atoms with Crippen molar-refractivity contribution in [2.24, 2.45) is 5.14 Å². The average Bonchev–Trinajstić information content (AvgIpc) is 2.71. The third-order valence-corrected chi connectivity index (χ3v) is 5.66. The van der Waals surface area contributed by atoms with E-state index in [-0.39, 0.29) is 10.5 Å². The number of hydrogen-bond donors (Lipinski definition) is 4. The molecule has 0 unspecified atom stereocenters. The summed E-state index contributed by atoms with van der Waals surface area (Å²) >= 11 is 0. The van der Waals surface area contributed by atoms with Gasteiger partial charge in [0.05, 0.1) is 4.90 Å². The number of sulfonamides is 1. The van der Waals surface area contributed by atoms with Crippen LogP contribution in [0.3, 0.4) is 0 Å². The lowest BCUT2D eigenvalue weighted by atomic mass is 10.1. The number of carbonyl (C=O) groups is 2. The summed E-state index contributed by atoms with van der Waals surface area (Å²) in [4.78, 5) is 24.6. The van der Waals surface area contributed by atoms with Crippen molar-refractivity contribution >= 4 is 39.0 Å². The van der Waals surface area contributed by atoms with Gasteiger partial charge in [-0.05, 0) is 73.5 Å². The molecule has 3 rings (SSSR count). The number of benzene rings is 3. The Morgan fingerprint density at radius 3 is 1.84 bits per heavy atom. The largest absolute Gasteiger partial charge is 0.323 e. The molecule has 0 aliphatic heterocycles. The lowest BCUT2D eigenvalue weighted by Crippen LogP contribution is -2.19. The maximum atomic E-state index is 12.6. The molecule has 0 aliphatic rings. The molecule has 3 aromatic carbocycles. The summed E-state index contributed by atoms with van der Waals surface area (Å²) in [5.74, 6) is -0.476. The molecule has 31 heavy (non-hydrogen) atoms. The number of rotatable bonds is 5. The maximum Gasteiger partial charge on any atom is 0.323 e. The molecule has 3 aromatic rings. The highest BCUT2D eigenvalue weighted by atomic mass is 32.2. The van der Waals surface area contributed by atoms with Crippen LogP contribution in [0.15, 0.2) is 71.6 Å². The number of hydrogen-bond acceptors (Lipinski definition) is 4. The van der Waals surface area contributed by atoms with E-state index in [1.807, 2.05) is 18.2 Å². The molecular weight excluding hydrogens is 416 g/mol. The molecular formula is C22H22N4O4S. The Labute approximate surface area is 180 Å². The summed E-state index contributed by atoms with van der Waals surface area (Å²) in [7, 11) is -3.95. The zero-order valence-corrected chi connectivity index (χ0v) is 17.8. The van der Waals surface area contributed by atoms with E-state index >= 15 is 0 Å². The minimum absolute atomic E-state index is 0.0818. The standard InChI is InChI=1S/C22H22N4O4S/c1-14-12-16(13-20(15(14)2)31(23,29)30)21(27)24-18-8-10-19(11-9-18)26-22(28)25-17-6-4-3-5-7-17/h3-13H,1-2H3,(H,24,27)(H2,23,29,30)(H2,25,26,28). The van der Waals surface area contributed by atoms with Crippen LogP contribution in [0.25, 0.3) is 0 Å². The zero-order valence-electron chi connectivity index (χ0n) is 17.0. The van der Waals surface area contributed by atoms with Gasteiger partial charge in [0.2, 0.25) is 10.0 Å². The van der Waals surface area contributed by atoms with E-state index in [1.165, 1.54) is 6.07 Å². The number of anilines is 3. The molecule has 0 aliphatic carbocycles. The van der Waals surface area contributed by atoms with E-state index < -0.39 is 22.0 Å². The van der Waals surface area contributed by atoms with Crippen molar-refractivity contribution in [2.75, 3.05) is 16.0 Å². The Morgan fingerprint density at radius 2 is 1.29 bits per heavy atom. The van der Waals surface area contributed by atoms with E-state index in [0.29, 0.717) is 28.2 Å². The van der Waals surface area contributed by atoms with Gasteiger partial charge in [0.1, 0.15) is 0 Å². The minimum atomic E-state index is -3.95. The molecule has 160 valence electrons. The molecule has 5 N–H and O–H groups in total. The second kappa shape index (κ2) is 8.99. The monoisotopic (exact) mass is 438 g/mol. The molecule has 0 heterocycles. The highest BCUT2D eigenvalue weighted by molar-refractivity contribution is 7.89. The first-order valence-corrected chi connectivity index (χ1v) is 10.9. The number of urea groups is 1. The molecule has 0 spiro atoms. The van der Waals surface area contributed by atoms with Crippen LogP contribution in [-0.2, 0) is 10.0 Å². The summed E-state index contributed by atoms with van der Waals surface area (Å²) in [5, 5.41) is 13.4. The molecule has 0 saturated heterocycles. The molecule has 0 bridgehead atoms. The molecule has 8 nitrogen and oxygen atoms in total. The number of para-hydroxylation sites is 1. The third kappa shape index (κ3) is 5.68. The van der Waals surface area contributed by atoms with Crippen molar-refractivity contribution in [2.45, 2.75) is 18.7 Å². The molecule has 0 radical (unpaired) electrons. The van der Waals surface area contributed by atoms with Crippen molar-refractivity contribution in [1.82, 2.24) is 0 Å². The highest BCUT2D eigenvalue weighted by Crippen LogP contribution is 2.21. The summed E-state index contributed by atoms with van der Waals surface area (Å²) in [6.07, 6.45) is 0. The van der Waals surface area contributed by atoms with E-state index in [9.17, 15) is 18.0 Å². The molecule has 9 heteroatoms. The van der Waals surface area contributed by atoms with Crippen LogP contribution in [0.1, 0.15) is 21.5 Å². The fraction of sp³-hybridized carbons (Fsp3) is 0.0909. The molecule has 3 amide bonds. The Balaban J connectivity index is 1.68. The van der Waals surface area contributed by atoms with Gasteiger partial charge in [-0.2, -0.15) is 0 Å². The Kier molecular flexibility index (Phi) is 6.38. The molecule has 0 saturated carbocycles. The zero-order chi connectivity index (χ0) is 22.6. The van der Waals surface area contributed by atoms with Crippen molar-refractivity contribution in [1.29, 1.82) is 0 Å². The number of primary sulfonamides is 1. The Bertz CT molecular complexity index is 1220. The third-order valence-electron chi connectivity index (χ3n) is 4.62. The van der Waals surface area contributed by atoms with Crippen molar-refractivity contribution in [3.05, 3.63) is 83.4 Å². The first-order chi connectivity index (χ1) is 14.6. The lowest BCUT2D eigenvalue weighted by Gasteiger charge is -2.12. The van der Waals surface area contributed by atoms with Crippen LogP contribution in [0.5, 0.6) is 0 Å². The predicted octanol–water partition coefficient (Wildman–Crippen LogP) is 3.85. The number of nitrogens with two attached hydrogens (primary N) is 1. The van der Waals surface area contributed by atoms with Gasteiger partial charge in [-0.15, -0.1) is 0 Å². The first-order valence-electron chi connectivity index (χ1n) is 9.32. The van der Waals surface area contributed by atoms with Crippen LogP contribution in [-0.4, -0.2) is 20.4 Å². The predicted molar refractivity (Wildman–Crippen MR) is 121 cm³/mol. The van der Waals surface area contributed by atoms with E-state index in [2.05, 4.69) is 16.0 Å². The maximum absolute atomic E-state index is 12.6. The van der Waals surface area contributed by atoms with Crippen LogP contribution < -0.4 is 21.1 Å². The van der Waals surface area contributed by atoms with E-state index in [4.69, 9.17) is 5.14 Å². The molecule has 0 atom stereocenters. The number of nitrogens with one attached hydrogen (secondary N) is 3. The Hall–Kier alpha value is -3.69. The lowest BCUT2D eigenvalue weighted by molar-refractivity contribution is 0.102. The number of amides is 3. The topological polar surface area (TPSA) is 130 Å². The second-order valence-electron chi connectivity index (χ2n) is 6.94. The minimum Gasteiger partial charge on any atom is -0.322 e. The fourth-order valence-electron chi connectivity index (χ4n) is 2.91.